The zero-order valence-corrected chi connectivity index (χ0v) is 17.0. The minimum atomic E-state index is 0.878. The van der Waals surface area contributed by atoms with Gasteiger partial charge in [-0.3, -0.25) is 4.99 Å². The van der Waals surface area contributed by atoms with E-state index in [4.69, 9.17) is 4.99 Å². The Morgan fingerprint density at radius 3 is 2.80 bits per heavy atom. The van der Waals surface area contributed by atoms with Crippen LogP contribution in [0, 0.1) is 5.92 Å². The second kappa shape index (κ2) is 11.5. The van der Waals surface area contributed by atoms with E-state index in [0.717, 1.165) is 50.8 Å². The first-order chi connectivity index (χ1) is 12.2. The maximum absolute atomic E-state index is 4.72. The number of aryl methyl sites for hydroxylation is 1. The van der Waals surface area contributed by atoms with Crippen LogP contribution in [0.2, 0.25) is 0 Å². The molecule has 0 radical (unpaired) electrons. The fraction of sp³-hybridized carbons (Fsp3) is 0.789. The van der Waals surface area contributed by atoms with Crippen LogP contribution in [0.4, 0.5) is 0 Å². The summed E-state index contributed by atoms with van der Waals surface area (Å²) < 4.78 is 0. The van der Waals surface area contributed by atoms with Crippen LogP contribution in [0.1, 0.15) is 50.7 Å². The summed E-state index contributed by atoms with van der Waals surface area (Å²) in [7, 11) is 0. The van der Waals surface area contributed by atoms with Crippen molar-refractivity contribution < 1.29 is 0 Å². The smallest absolute Gasteiger partial charge is 0.191 e. The average Bonchev–Trinajstić information content (AvgIpc) is 3.08. The molecule has 0 bridgehead atoms. The summed E-state index contributed by atoms with van der Waals surface area (Å²) in [6.45, 7) is 13.0. The largest absolute Gasteiger partial charge is 0.357 e. The minimum absolute atomic E-state index is 0.878. The lowest BCUT2D eigenvalue weighted by atomic mass is 9.99. The van der Waals surface area contributed by atoms with Crippen molar-refractivity contribution >= 4 is 17.3 Å². The topological polar surface area (TPSA) is 52.6 Å². The molecule has 142 valence electrons. The number of likely N-dealkylation sites (tertiary alicyclic amines) is 1. The predicted molar refractivity (Wildman–Crippen MR) is 109 cm³/mol. The van der Waals surface area contributed by atoms with Crippen LogP contribution in [0.5, 0.6) is 0 Å². The van der Waals surface area contributed by atoms with E-state index in [2.05, 4.69) is 46.7 Å². The lowest BCUT2D eigenvalue weighted by molar-refractivity contribution is 0.192. The van der Waals surface area contributed by atoms with Crippen molar-refractivity contribution in [2.75, 3.05) is 39.3 Å². The van der Waals surface area contributed by atoms with Crippen molar-refractivity contribution in [1.82, 2.24) is 20.5 Å². The highest BCUT2D eigenvalue weighted by Crippen LogP contribution is 2.15. The Bertz CT molecular complexity index is 506. The maximum Gasteiger partial charge on any atom is 0.191 e. The Balaban J connectivity index is 1.65. The SMILES string of the molecule is CCNC(=NCCCN1CCC(C)CC1)NCCc1csc(CC)n1. The normalized spacial score (nSPS) is 17.0. The van der Waals surface area contributed by atoms with E-state index in [1.54, 1.807) is 11.3 Å². The molecule has 0 saturated carbocycles. The van der Waals surface area contributed by atoms with Gasteiger partial charge in [0.2, 0.25) is 0 Å². The van der Waals surface area contributed by atoms with Gasteiger partial charge in [-0.1, -0.05) is 13.8 Å². The first-order valence-electron chi connectivity index (χ1n) is 9.89. The highest BCUT2D eigenvalue weighted by atomic mass is 32.1. The van der Waals surface area contributed by atoms with Crippen molar-refractivity contribution in [2.45, 2.75) is 52.9 Å². The molecule has 5 nitrogen and oxygen atoms in total. The number of hydrogen-bond acceptors (Lipinski definition) is 4. The second-order valence-corrected chi connectivity index (χ2v) is 7.84. The number of guanidine groups is 1. The van der Waals surface area contributed by atoms with Crippen LogP contribution < -0.4 is 10.6 Å². The van der Waals surface area contributed by atoms with Crippen LogP contribution in [0.25, 0.3) is 0 Å². The van der Waals surface area contributed by atoms with Gasteiger partial charge in [-0.25, -0.2) is 4.98 Å². The summed E-state index contributed by atoms with van der Waals surface area (Å²) in [5.74, 6) is 1.84. The van der Waals surface area contributed by atoms with Gasteiger partial charge in [0.1, 0.15) is 0 Å². The fourth-order valence-electron chi connectivity index (χ4n) is 3.05. The number of rotatable bonds is 9. The molecule has 0 amide bonds. The van der Waals surface area contributed by atoms with Crippen molar-refractivity contribution in [1.29, 1.82) is 0 Å². The highest BCUT2D eigenvalue weighted by molar-refractivity contribution is 7.09. The Labute approximate surface area is 157 Å². The van der Waals surface area contributed by atoms with E-state index in [1.807, 2.05) is 0 Å². The van der Waals surface area contributed by atoms with E-state index in [0.29, 0.717) is 0 Å². The molecule has 1 aromatic heterocycles. The summed E-state index contributed by atoms with van der Waals surface area (Å²) in [4.78, 5) is 11.9. The number of aromatic nitrogens is 1. The quantitative estimate of drug-likeness (QED) is 0.401. The number of aliphatic imine (C=N–C) groups is 1. The second-order valence-electron chi connectivity index (χ2n) is 6.90. The van der Waals surface area contributed by atoms with Crippen molar-refractivity contribution in [3.05, 3.63) is 16.1 Å². The average molecular weight is 366 g/mol. The Morgan fingerprint density at radius 1 is 1.32 bits per heavy atom. The van der Waals surface area contributed by atoms with E-state index in [1.165, 1.54) is 43.2 Å². The minimum Gasteiger partial charge on any atom is -0.357 e. The molecule has 0 spiro atoms. The molecule has 2 N–H and O–H groups in total. The molecule has 0 aliphatic carbocycles. The lowest BCUT2D eigenvalue weighted by Crippen LogP contribution is -2.38. The predicted octanol–water partition coefficient (Wildman–Crippen LogP) is 2.93. The van der Waals surface area contributed by atoms with Gasteiger partial charge in [-0.05, 0) is 58.2 Å². The zero-order valence-electron chi connectivity index (χ0n) is 16.2. The summed E-state index contributed by atoms with van der Waals surface area (Å²) in [5, 5.41) is 10.2. The van der Waals surface area contributed by atoms with Crippen LogP contribution in [-0.2, 0) is 12.8 Å². The van der Waals surface area contributed by atoms with Crippen LogP contribution in [0.3, 0.4) is 0 Å². The van der Waals surface area contributed by atoms with Gasteiger partial charge in [0, 0.05) is 31.4 Å². The first-order valence-corrected chi connectivity index (χ1v) is 10.8. The summed E-state index contributed by atoms with van der Waals surface area (Å²) in [6, 6.07) is 0. The third-order valence-electron chi connectivity index (χ3n) is 4.70. The van der Waals surface area contributed by atoms with Crippen LogP contribution in [-0.4, -0.2) is 55.1 Å². The van der Waals surface area contributed by atoms with Gasteiger partial charge in [-0.2, -0.15) is 0 Å². The molecule has 1 fully saturated rings. The number of thiazole rings is 1. The third-order valence-corrected chi connectivity index (χ3v) is 5.74. The van der Waals surface area contributed by atoms with Gasteiger partial charge < -0.3 is 15.5 Å². The molecule has 0 aromatic carbocycles. The number of piperidine rings is 1. The van der Waals surface area contributed by atoms with Gasteiger partial charge in [0.15, 0.2) is 5.96 Å². The van der Waals surface area contributed by atoms with Crippen LogP contribution in [0.15, 0.2) is 10.4 Å². The molecule has 2 heterocycles. The summed E-state index contributed by atoms with van der Waals surface area (Å²) in [6.07, 6.45) is 5.82. The Morgan fingerprint density at radius 2 is 2.12 bits per heavy atom. The summed E-state index contributed by atoms with van der Waals surface area (Å²) >= 11 is 1.76. The molecule has 1 aliphatic rings. The molecule has 1 aliphatic heterocycles. The standard InChI is InChI=1S/C19H35N5S/c1-4-18-23-17(15-25-18)7-11-22-19(20-5-2)21-10-6-12-24-13-8-16(3)9-14-24/h15-16H,4-14H2,1-3H3,(H2,20,21,22). The molecule has 2 rings (SSSR count). The Hall–Kier alpha value is -1.14. The molecule has 0 unspecified atom stereocenters. The van der Waals surface area contributed by atoms with E-state index in [-0.39, 0.29) is 0 Å². The monoisotopic (exact) mass is 365 g/mol. The van der Waals surface area contributed by atoms with Crippen molar-refractivity contribution in [2.24, 2.45) is 10.9 Å². The first kappa shape index (κ1) is 20.2. The summed E-state index contributed by atoms with van der Waals surface area (Å²) in [5.41, 5.74) is 1.18. The molecule has 0 atom stereocenters. The third kappa shape index (κ3) is 7.74. The van der Waals surface area contributed by atoms with Crippen molar-refractivity contribution in [3.63, 3.8) is 0 Å². The van der Waals surface area contributed by atoms with Gasteiger partial charge in [0.05, 0.1) is 10.7 Å². The fourth-order valence-corrected chi connectivity index (χ4v) is 3.83. The number of nitrogens with one attached hydrogen (secondary N) is 2. The molecule has 1 saturated heterocycles. The van der Waals surface area contributed by atoms with Crippen LogP contribution >= 0.6 is 11.3 Å². The van der Waals surface area contributed by atoms with Gasteiger partial charge in [-0.15, -0.1) is 11.3 Å². The Kier molecular flexibility index (Phi) is 9.26. The highest BCUT2D eigenvalue weighted by Gasteiger charge is 2.14. The molecule has 6 heteroatoms. The zero-order chi connectivity index (χ0) is 17.9. The molecule has 25 heavy (non-hydrogen) atoms. The van der Waals surface area contributed by atoms with Gasteiger partial charge >= 0.3 is 0 Å². The molecule has 1 aromatic rings. The van der Waals surface area contributed by atoms with E-state index < -0.39 is 0 Å². The molecular weight excluding hydrogens is 330 g/mol. The maximum atomic E-state index is 4.72. The van der Waals surface area contributed by atoms with E-state index >= 15 is 0 Å². The van der Waals surface area contributed by atoms with E-state index in [9.17, 15) is 0 Å². The lowest BCUT2D eigenvalue weighted by Gasteiger charge is -2.29. The number of nitrogens with zero attached hydrogens (tertiary/aromatic N) is 3. The van der Waals surface area contributed by atoms with Crippen molar-refractivity contribution in [3.8, 4) is 0 Å². The molecular formula is C19H35N5S. The van der Waals surface area contributed by atoms with Gasteiger partial charge in [0.25, 0.3) is 0 Å². The number of hydrogen-bond donors (Lipinski definition) is 2.